The molecule has 1 unspecified atom stereocenters. The summed E-state index contributed by atoms with van der Waals surface area (Å²) in [6.45, 7) is 7.23. The van der Waals surface area contributed by atoms with Gasteiger partial charge in [-0.3, -0.25) is 9.69 Å². The summed E-state index contributed by atoms with van der Waals surface area (Å²) in [4.78, 5) is 17.0. The maximum absolute atomic E-state index is 13.1. The molecule has 1 saturated heterocycles. The Morgan fingerprint density at radius 1 is 1.24 bits per heavy atom. The average molecular weight is 481 g/mol. The molecule has 0 aliphatic carbocycles. The van der Waals surface area contributed by atoms with Gasteiger partial charge >= 0.3 is 6.18 Å². The highest BCUT2D eigenvalue weighted by molar-refractivity contribution is 5.94. The van der Waals surface area contributed by atoms with Gasteiger partial charge < -0.3 is 19.5 Å². The van der Waals surface area contributed by atoms with Crippen molar-refractivity contribution in [1.82, 2.24) is 9.80 Å². The van der Waals surface area contributed by atoms with E-state index in [-0.39, 0.29) is 29.2 Å². The molecule has 0 spiro atoms. The van der Waals surface area contributed by atoms with Crippen molar-refractivity contribution in [1.29, 1.82) is 0 Å². The number of nitrogens with zero attached hydrogens (tertiary/aromatic N) is 2. The maximum Gasteiger partial charge on any atom is 0.416 e. The van der Waals surface area contributed by atoms with Crippen molar-refractivity contribution in [3.05, 3.63) is 59.2 Å². The van der Waals surface area contributed by atoms with E-state index < -0.39 is 11.7 Å². The first-order valence-electron chi connectivity index (χ1n) is 11.2. The standard InChI is InChI=1S/C25H31F3N2O4/c1-17(2)13-30(24(32)19-5-7-20(8-6-19)25(26,27)28)16-21-15-29(10-11-34-21)14-18-4-9-22(31)23(12-18)33-3/h4-9,12,17,21,31H,10-11,13-16H2,1-3H3. The Hall–Kier alpha value is -2.78. The van der Waals surface area contributed by atoms with Gasteiger partial charge in [0.2, 0.25) is 0 Å². The lowest BCUT2D eigenvalue weighted by Gasteiger charge is -2.36. The number of hydrogen-bond acceptors (Lipinski definition) is 5. The number of carbonyl (C=O) groups is 1. The Morgan fingerprint density at radius 3 is 2.56 bits per heavy atom. The molecule has 1 N–H and O–H groups in total. The van der Waals surface area contributed by atoms with Crippen molar-refractivity contribution in [2.75, 3.05) is 39.9 Å². The van der Waals surface area contributed by atoms with Crippen LogP contribution in [0.2, 0.25) is 0 Å². The molecule has 0 bridgehead atoms. The van der Waals surface area contributed by atoms with Crippen LogP contribution in [0.15, 0.2) is 42.5 Å². The number of hydrogen-bond donors (Lipinski definition) is 1. The zero-order valence-corrected chi connectivity index (χ0v) is 19.6. The van der Waals surface area contributed by atoms with Crippen LogP contribution in [0.1, 0.15) is 35.3 Å². The summed E-state index contributed by atoms with van der Waals surface area (Å²) in [6.07, 6.45) is -4.68. The highest BCUT2D eigenvalue weighted by Crippen LogP contribution is 2.29. The lowest BCUT2D eigenvalue weighted by molar-refractivity contribution is -0.137. The number of ether oxygens (including phenoxy) is 2. The predicted molar refractivity (Wildman–Crippen MR) is 122 cm³/mol. The molecule has 1 heterocycles. The fraction of sp³-hybridized carbons (Fsp3) is 0.480. The van der Waals surface area contributed by atoms with Crippen molar-refractivity contribution < 1.29 is 32.5 Å². The zero-order valence-electron chi connectivity index (χ0n) is 19.6. The van der Waals surface area contributed by atoms with Crippen LogP contribution >= 0.6 is 0 Å². The largest absolute Gasteiger partial charge is 0.504 e. The fourth-order valence-electron chi connectivity index (χ4n) is 4.02. The Labute approximate surface area is 197 Å². The third-order valence-corrected chi connectivity index (χ3v) is 5.63. The molecule has 0 radical (unpaired) electrons. The number of benzene rings is 2. The molecule has 1 amide bonds. The number of phenolic OH excluding ortho intramolecular Hbond substituents is 1. The average Bonchev–Trinajstić information content (AvgIpc) is 2.79. The van der Waals surface area contributed by atoms with E-state index in [1.807, 2.05) is 19.9 Å². The van der Waals surface area contributed by atoms with Gasteiger partial charge in [0.1, 0.15) is 0 Å². The summed E-state index contributed by atoms with van der Waals surface area (Å²) in [5, 5.41) is 9.80. The Balaban J connectivity index is 1.67. The van der Waals surface area contributed by atoms with E-state index in [9.17, 15) is 23.1 Å². The van der Waals surface area contributed by atoms with Crippen LogP contribution in [0.5, 0.6) is 11.5 Å². The van der Waals surface area contributed by atoms with Gasteiger partial charge in [-0.2, -0.15) is 13.2 Å². The fourth-order valence-corrected chi connectivity index (χ4v) is 4.02. The maximum atomic E-state index is 13.1. The van der Waals surface area contributed by atoms with Gasteiger partial charge in [0.05, 0.1) is 25.4 Å². The summed E-state index contributed by atoms with van der Waals surface area (Å²) in [5.41, 5.74) is 0.421. The second-order valence-electron chi connectivity index (χ2n) is 8.91. The summed E-state index contributed by atoms with van der Waals surface area (Å²) >= 11 is 0. The van der Waals surface area contributed by atoms with Gasteiger partial charge in [-0.25, -0.2) is 0 Å². The quantitative estimate of drug-likeness (QED) is 0.606. The number of halogens is 3. The highest BCUT2D eigenvalue weighted by atomic mass is 19.4. The predicted octanol–water partition coefficient (Wildman–Crippen LogP) is 4.42. The van der Waals surface area contributed by atoms with E-state index in [2.05, 4.69) is 4.90 Å². The SMILES string of the molecule is COc1cc(CN2CCOC(CN(CC(C)C)C(=O)c3ccc(C(F)(F)F)cc3)C2)ccc1O. The molecule has 2 aromatic rings. The van der Waals surface area contributed by atoms with Crippen LogP contribution in [0.25, 0.3) is 0 Å². The first-order chi connectivity index (χ1) is 16.1. The van der Waals surface area contributed by atoms with Gasteiger partial charge in [-0.1, -0.05) is 19.9 Å². The third-order valence-electron chi connectivity index (χ3n) is 5.63. The molecule has 0 saturated carbocycles. The molecule has 3 rings (SSSR count). The van der Waals surface area contributed by atoms with E-state index in [4.69, 9.17) is 9.47 Å². The summed E-state index contributed by atoms with van der Waals surface area (Å²) < 4.78 is 49.7. The molecular formula is C25H31F3N2O4. The first-order valence-corrected chi connectivity index (χ1v) is 11.2. The summed E-state index contributed by atoms with van der Waals surface area (Å²) in [5.74, 6) is 0.360. The van der Waals surface area contributed by atoms with Gasteiger partial charge in [-0.15, -0.1) is 0 Å². The van der Waals surface area contributed by atoms with Crippen molar-refractivity contribution in [3.63, 3.8) is 0 Å². The number of amides is 1. The first kappa shape index (κ1) is 25.8. The highest BCUT2D eigenvalue weighted by Gasteiger charge is 2.31. The van der Waals surface area contributed by atoms with Gasteiger partial charge in [0.15, 0.2) is 11.5 Å². The van der Waals surface area contributed by atoms with Crippen LogP contribution in [-0.2, 0) is 17.5 Å². The normalized spacial score (nSPS) is 17.1. The minimum Gasteiger partial charge on any atom is -0.504 e. The number of carbonyl (C=O) groups excluding carboxylic acids is 1. The Kier molecular flexibility index (Phi) is 8.43. The van der Waals surface area contributed by atoms with Gasteiger partial charge in [-0.05, 0) is 47.9 Å². The van der Waals surface area contributed by atoms with Gasteiger partial charge in [0.25, 0.3) is 5.91 Å². The minimum absolute atomic E-state index is 0.0807. The van der Waals surface area contributed by atoms with Crippen molar-refractivity contribution in [2.24, 2.45) is 5.92 Å². The molecule has 1 aliphatic rings. The van der Waals surface area contributed by atoms with Crippen LogP contribution < -0.4 is 4.74 Å². The molecule has 9 heteroatoms. The number of alkyl halides is 3. The monoisotopic (exact) mass is 480 g/mol. The van der Waals surface area contributed by atoms with Crippen LogP contribution in [0, 0.1) is 5.92 Å². The van der Waals surface area contributed by atoms with E-state index in [1.54, 1.807) is 17.0 Å². The molecule has 0 aromatic heterocycles. The van der Waals surface area contributed by atoms with Crippen LogP contribution in [0.3, 0.4) is 0 Å². The molecule has 1 atom stereocenters. The van der Waals surface area contributed by atoms with Crippen molar-refractivity contribution >= 4 is 5.91 Å². The molecule has 1 fully saturated rings. The van der Waals surface area contributed by atoms with Crippen LogP contribution in [-0.4, -0.2) is 66.8 Å². The van der Waals surface area contributed by atoms with Crippen molar-refractivity contribution in [2.45, 2.75) is 32.7 Å². The molecule has 186 valence electrons. The number of methoxy groups -OCH3 is 1. The summed E-state index contributed by atoms with van der Waals surface area (Å²) in [7, 11) is 1.50. The molecule has 2 aromatic carbocycles. The van der Waals surface area contributed by atoms with E-state index in [1.165, 1.54) is 19.2 Å². The smallest absolute Gasteiger partial charge is 0.416 e. The Morgan fingerprint density at radius 2 is 1.94 bits per heavy atom. The summed E-state index contributed by atoms with van der Waals surface area (Å²) in [6, 6.07) is 9.55. The molecule has 1 aliphatic heterocycles. The minimum atomic E-state index is -4.44. The molecular weight excluding hydrogens is 449 g/mol. The lowest BCUT2D eigenvalue weighted by atomic mass is 10.1. The zero-order chi connectivity index (χ0) is 24.9. The number of aromatic hydroxyl groups is 1. The van der Waals surface area contributed by atoms with Gasteiger partial charge in [0, 0.05) is 38.3 Å². The molecule has 6 nitrogen and oxygen atoms in total. The molecule has 34 heavy (non-hydrogen) atoms. The van der Waals surface area contributed by atoms with E-state index in [0.29, 0.717) is 38.5 Å². The lowest BCUT2D eigenvalue weighted by Crippen LogP contribution is -2.49. The number of rotatable bonds is 8. The number of phenols is 1. The topological polar surface area (TPSA) is 62.2 Å². The van der Waals surface area contributed by atoms with Crippen molar-refractivity contribution in [3.8, 4) is 11.5 Å². The van der Waals surface area contributed by atoms with E-state index in [0.717, 1.165) is 24.2 Å². The second kappa shape index (κ2) is 11.1. The Bertz CT molecular complexity index is 964. The van der Waals surface area contributed by atoms with E-state index >= 15 is 0 Å². The van der Waals surface area contributed by atoms with Crippen LogP contribution in [0.4, 0.5) is 13.2 Å². The third kappa shape index (κ3) is 6.87. The number of morpholine rings is 1. The second-order valence-corrected chi connectivity index (χ2v) is 8.91.